The summed E-state index contributed by atoms with van der Waals surface area (Å²) in [5.74, 6) is 1.28. The minimum atomic E-state index is -0.318. The van der Waals surface area contributed by atoms with Crippen molar-refractivity contribution in [3.05, 3.63) is 16.3 Å². The number of esters is 1. The molecule has 21 heavy (non-hydrogen) atoms. The van der Waals surface area contributed by atoms with Gasteiger partial charge in [-0.15, -0.1) is 11.3 Å². The number of aryl methyl sites for hydroxylation is 2. The molecule has 6 nitrogen and oxygen atoms in total. The van der Waals surface area contributed by atoms with E-state index in [2.05, 4.69) is 14.9 Å². The van der Waals surface area contributed by atoms with E-state index in [0.29, 0.717) is 23.9 Å². The molecule has 0 aromatic carbocycles. The second-order valence-electron chi connectivity index (χ2n) is 4.92. The third-order valence-electron chi connectivity index (χ3n) is 3.56. The van der Waals surface area contributed by atoms with E-state index in [0.717, 1.165) is 34.7 Å². The summed E-state index contributed by atoms with van der Waals surface area (Å²) in [6, 6.07) is 0. The summed E-state index contributed by atoms with van der Waals surface area (Å²) in [4.78, 5) is 24.6. The van der Waals surface area contributed by atoms with Crippen molar-refractivity contribution in [2.24, 2.45) is 0 Å². The predicted octanol–water partition coefficient (Wildman–Crippen LogP) is 1.93. The zero-order valence-electron chi connectivity index (χ0n) is 12.3. The van der Waals surface area contributed by atoms with Gasteiger partial charge >= 0.3 is 5.97 Å². The van der Waals surface area contributed by atoms with Crippen molar-refractivity contribution in [1.29, 1.82) is 0 Å². The molecule has 3 rings (SSSR count). The lowest BCUT2D eigenvalue weighted by Crippen LogP contribution is -2.37. The van der Waals surface area contributed by atoms with Gasteiger partial charge in [-0.05, 0) is 19.4 Å². The molecule has 1 aliphatic rings. The largest absolute Gasteiger partial charge is 0.465 e. The topological polar surface area (TPSA) is 64.5 Å². The Labute approximate surface area is 126 Å². The van der Waals surface area contributed by atoms with Gasteiger partial charge in [0.05, 0.1) is 25.7 Å². The lowest BCUT2D eigenvalue weighted by molar-refractivity contribution is 0.0605. The average molecular weight is 307 g/mol. The van der Waals surface area contributed by atoms with Crippen LogP contribution >= 0.6 is 11.3 Å². The number of carbonyl (C=O) groups excluding carboxylic acids is 1. The summed E-state index contributed by atoms with van der Waals surface area (Å²) >= 11 is 1.37. The molecular weight excluding hydrogens is 290 g/mol. The van der Waals surface area contributed by atoms with Crippen molar-refractivity contribution in [2.45, 2.75) is 13.8 Å². The van der Waals surface area contributed by atoms with Crippen molar-refractivity contribution in [3.63, 3.8) is 0 Å². The Morgan fingerprint density at radius 3 is 2.67 bits per heavy atom. The first-order chi connectivity index (χ1) is 10.1. The Bertz CT molecular complexity index is 692. The number of thiophene rings is 1. The number of aromatic nitrogens is 2. The Morgan fingerprint density at radius 2 is 2.00 bits per heavy atom. The minimum Gasteiger partial charge on any atom is -0.465 e. The molecule has 0 saturated carbocycles. The van der Waals surface area contributed by atoms with E-state index in [1.165, 1.54) is 18.4 Å². The molecule has 0 aliphatic carbocycles. The smallest absolute Gasteiger partial charge is 0.348 e. The predicted molar refractivity (Wildman–Crippen MR) is 81.3 cm³/mol. The maximum absolute atomic E-state index is 11.9. The number of methoxy groups -OCH3 is 1. The van der Waals surface area contributed by atoms with Crippen molar-refractivity contribution < 1.29 is 14.3 Å². The highest BCUT2D eigenvalue weighted by Gasteiger charge is 2.23. The molecule has 1 fully saturated rings. The van der Waals surface area contributed by atoms with Crippen LogP contribution in [0.3, 0.4) is 0 Å². The van der Waals surface area contributed by atoms with Crippen molar-refractivity contribution >= 4 is 33.3 Å². The van der Waals surface area contributed by atoms with Gasteiger partial charge in [0.2, 0.25) is 0 Å². The van der Waals surface area contributed by atoms with Crippen LogP contribution in [0.25, 0.3) is 10.2 Å². The van der Waals surface area contributed by atoms with Gasteiger partial charge in [-0.25, -0.2) is 14.8 Å². The molecule has 0 N–H and O–H groups in total. The Kier molecular flexibility index (Phi) is 3.77. The van der Waals surface area contributed by atoms with Crippen LogP contribution < -0.4 is 4.90 Å². The standard InChI is InChI=1S/C14H17N3O3S/c1-8-10-12(17-4-6-20-7-5-17)15-9(2)16-13(10)21-11(8)14(18)19-3/h4-7H2,1-3H3. The molecule has 7 heteroatoms. The molecule has 0 unspecified atom stereocenters. The third-order valence-corrected chi connectivity index (χ3v) is 4.73. The van der Waals surface area contributed by atoms with E-state index in [1.807, 2.05) is 13.8 Å². The number of anilines is 1. The van der Waals surface area contributed by atoms with Crippen molar-refractivity contribution in [2.75, 3.05) is 38.3 Å². The fourth-order valence-corrected chi connectivity index (χ4v) is 3.65. The molecule has 0 radical (unpaired) electrons. The van der Waals surface area contributed by atoms with E-state index in [1.54, 1.807) is 0 Å². The van der Waals surface area contributed by atoms with Crippen LogP contribution in [0.5, 0.6) is 0 Å². The van der Waals surface area contributed by atoms with E-state index >= 15 is 0 Å². The molecule has 0 amide bonds. The number of carbonyl (C=O) groups is 1. The summed E-state index contributed by atoms with van der Waals surface area (Å²) in [5, 5.41) is 0.952. The Morgan fingerprint density at radius 1 is 1.29 bits per heavy atom. The van der Waals surface area contributed by atoms with Crippen LogP contribution in [-0.2, 0) is 9.47 Å². The summed E-state index contributed by atoms with van der Waals surface area (Å²) in [5.41, 5.74) is 0.892. The van der Waals surface area contributed by atoms with Crippen LogP contribution in [0.15, 0.2) is 0 Å². The first kappa shape index (κ1) is 14.2. The summed E-state index contributed by atoms with van der Waals surface area (Å²) in [6.07, 6.45) is 0. The summed E-state index contributed by atoms with van der Waals surface area (Å²) < 4.78 is 10.2. The Hall–Kier alpha value is -1.73. The highest BCUT2D eigenvalue weighted by molar-refractivity contribution is 7.20. The maximum atomic E-state index is 11.9. The van der Waals surface area contributed by atoms with E-state index in [9.17, 15) is 4.79 Å². The number of rotatable bonds is 2. The fourth-order valence-electron chi connectivity index (χ4n) is 2.51. The van der Waals surface area contributed by atoms with Gasteiger partial charge in [0.1, 0.15) is 21.3 Å². The molecule has 1 saturated heterocycles. The van der Waals surface area contributed by atoms with Crippen molar-refractivity contribution in [1.82, 2.24) is 9.97 Å². The fraction of sp³-hybridized carbons (Fsp3) is 0.500. The van der Waals surface area contributed by atoms with Crippen LogP contribution in [0, 0.1) is 13.8 Å². The molecule has 112 valence electrons. The highest BCUT2D eigenvalue weighted by atomic mass is 32.1. The first-order valence-corrected chi connectivity index (χ1v) is 7.62. The quantitative estimate of drug-likeness (QED) is 0.790. The van der Waals surface area contributed by atoms with Gasteiger partial charge in [-0.2, -0.15) is 0 Å². The summed E-state index contributed by atoms with van der Waals surface area (Å²) in [6.45, 7) is 6.78. The molecule has 0 spiro atoms. The molecule has 0 bridgehead atoms. The van der Waals surface area contributed by atoms with E-state index in [-0.39, 0.29) is 5.97 Å². The maximum Gasteiger partial charge on any atom is 0.348 e. The van der Waals surface area contributed by atoms with Crippen LogP contribution in [0.1, 0.15) is 21.1 Å². The lowest BCUT2D eigenvalue weighted by Gasteiger charge is -2.28. The number of fused-ring (bicyclic) bond motifs is 1. The third kappa shape index (κ3) is 2.47. The van der Waals surface area contributed by atoms with Crippen LogP contribution in [0.4, 0.5) is 5.82 Å². The van der Waals surface area contributed by atoms with Crippen LogP contribution in [-0.4, -0.2) is 49.4 Å². The molecule has 2 aromatic heterocycles. The molecule has 2 aromatic rings. The zero-order valence-corrected chi connectivity index (χ0v) is 13.1. The van der Waals surface area contributed by atoms with Gasteiger partial charge in [0, 0.05) is 13.1 Å². The minimum absolute atomic E-state index is 0.318. The van der Waals surface area contributed by atoms with Crippen LogP contribution in [0.2, 0.25) is 0 Å². The van der Waals surface area contributed by atoms with Gasteiger partial charge in [-0.3, -0.25) is 0 Å². The molecule has 1 aliphatic heterocycles. The second kappa shape index (κ2) is 5.57. The number of ether oxygens (including phenoxy) is 2. The van der Waals surface area contributed by atoms with Gasteiger partial charge in [0.15, 0.2) is 0 Å². The SMILES string of the molecule is COC(=O)c1sc2nc(C)nc(N3CCOCC3)c2c1C. The lowest BCUT2D eigenvalue weighted by atomic mass is 10.2. The number of morpholine rings is 1. The second-order valence-corrected chi connectivity index (χ2v) is 5.92. The van der Waals surface area contributed by atoms with E-state index in [4.69, 9.17) is 9.47 Å². The molecule has 0 atom stereocenters. The summed E-state index contributed by atoms with van der Waals surface area (Å²) in [7, 11) is 1.39. The van der Waals surface area contributed by atoms with E-state index < -0.39 is 0 Å². The average Bonchev–Trinajstić information content (AvgIpc) is 2.83. The highest BCUT2D eigenvalue weighted by Crippen LogP contribution is 2.36. The Balaban J connectivity index is 2.18. The van der Waals surface area contributed by atoms with Gasteiger partial charge in [-0.1, -0.05) is 0 Å². The number of hydrogen-bond donors (Lipinski definition) is 0. The number of hydrogen-bond acceptors (Lipinski definition) is 7. The monoisotopic (exact) mass is 307 g/mol. The van der Waals surface area contributed by atoms with Gasteiger partial charge in [0.25, 0.3) is 0 Å². The number of nitrogens with zero attached hydrogens (tertiary/aromatic N) is 3. The van der Waals surface area contributed by atoms with Crippen molar-refractivity contribution in [3.8, 4) is 0 Å². The first-order valence-electron chi connectivity index (χ1n) is 6.80. The van der Waals surface area contributed by atoms with Gasteiger partial charge < -0.3 is 14.4 Å². The normalized spacial score (nSPS) is 15.5. The molecule has 3 heterocycles. The zero-order chi connectivity index (χ0) is 15.0. The molecular formula is C14H17N3O3S.